The molecular formula is C15H19FN4O2. The molecular weight excluding hydrogens is 287 g/mol. The molecule has 1 aromatic heterocycles. The molecule has 0 unspecified atom stereocenters. The molecule has 1 saturated heterocycles. The maximum atomic E-state index is 12.9. The largest absolute Gasteiger partial charge is 0.387 e. The second-order valence-electron chi connectivity index (χ2n) is 5.49. The van der Waals surface area contributed by atoms with Crippen molar-refractivity contribution < 1.29 is 14.2 Å². The molecule has 0 spiro atoms. The number of aromatic nitrogens is 3. The van der Waals surface area contributed by atoms with Gasteiger partial charge in [0.25, 0.3) is 0 Å². The van der Waals surface area contributed by atoms with Gasteiger partial charge in [0.05, 0.1) is 12.7 Å². The summed E-state index contributed by atoms with van der Waals surface area (Å²) < 4.78 is 20.5. The molecule has 1 fully saturated rings. The highest BCUT2D eigenvalue weighted by Gasteiger charge is 2.26. The first-order chi connectivity index (χ1) is 10.6. The minimum absolute atomic E-state index is 0.151. The van der Waals surface area contributed by atoms with Crippen LogP contribution in [0, 0.1) is 5.82 Å². The average molecular weight is 306 g/mol. The van der Waals surface area contributed by atoms with Crippen LogP contribution in [0.3, 0.4) is 0 Å². The Kier molecular flexibility index (Phi) is 4.47. The number of ether oxygens (including phenoxy) is 1. The van der Waals surface area contributed by atoms with Gasteiger partial charge in [-0.2, -0.15) is 0 Å². The Morgan fingerprint density at radius 1 is 1.41 bits per heavy atom. The summed E-state index contributed by atoms with van der Waals surface area (Å²) in [6.07, 6.45) is 0.839. The average Bonchev–Trinajstić information content (AvgIpc) is 2.94. The van der Waals surface area contributed by atoms with Gasteiger partial charge in [0.1, 0.15) is 18.2 Å². The highest BCUT2D eigenvalue weighted by molar-refractivity contribution is 5.18. The Morgan fingerprint density at radius 2 is 2.18 bits per heavy atom. The Bertz CT molecular complexity index is 616. The molecule has 22 heavy (non-hydrogen) atoms. The van der Waals surface area contributed by atoms with Crippen LogP contribution in [0.2, 0.25) is 0 Å². The van der Waals surface area contributed by atoms with E-state index >= 15 is 0 Å². The number of halogens is 1. The number of aliphatic hydroxyl groups is 1. The minimum atomic E-state index is -0.654. The standard InChI is InChI=1S/C15H19FN4O2/c1-19-10-17-18-15(19)14-9-20(6-7-22-14)8-13(21)11-2-4-12(16)5-3-11/h2-5,10,13-14,21H,6-9H2,1H3/t13-,14-/m0/s1. The number of hydrogen-bond donors (Lipinski definition) is 1. The summed E-state index contributed by atoms with van der Waals surface area (Å²) in [7, 11) is 1.88. The van der Waals surface area contributed by atoms with E-state index in [1.807, 2.05) is 11.6 Å². The Morgan fingerprint density at radius 3 is 2.86 bits per heavy atom. The predicted molar refractivity (Wildman–Crippen MR) is 77.5 cm³/mol. The van der Waals surface area contributed by atoms with E-state index in [9.17, 15) is 9.50 Å². The lowest BCUT2D eigenvalue weighted by Crippen LogP contribution is -2.41. The van der Waals surface area contributed by atoms with Gasteiger partial charge in [0.15, 0.2) is 5.82 Å². The number of benzene rings is 1. The maximum Gasteiger partial charge on any atom is 0.163 e. The fourth-order valence-electron chi connectivity index (χ4n) is 2.64. The summed E-state index contributed by atoms with van der Waals surface area (Å²) in [6.45, 7) is 2.44. The van der Waals surface area contributed by atoms with Crippen molar-refractivity contribution in [3.05, 3.63) is 47.8 Å². The number of morpholine rings is 1. The van der Waals surface area contributed by atoms with E-state index in [1.165, 1.54) is 12.1 Å². The summed E-state index contributed by atoms with van der Waals surface area (Å²) >= 11 is 0. The first-order valence-electron chi connectivity index (χ1n) is 7.25. The van der Waals surface area contributed by atoms with Crippen LogP contribution in [0.25, 0.3) is 0 Å². The summed E-state index contributed by atoms with van der Waals surface area (Å²) in [4.78, 5) is 2.12. The second kappa shape index (κ2) is 6.51. The van der Waals surface area contributed by atoms with Crippen LogP contribution in [0.5, 0.6) is 0 Å². The summed E-state index contributed by atoms with van der Waals surface area (Å²) in [5.41, 5.74) is 0.711. The van der Waals surface area contributed by atoms with E-state index in [4.69, 9.17) is 4.74 Å². The van der Waals surface area contributed by atoms with E-state index in [-0.39, 0.29) is 11.9 Å². The summed E-state index contributed by atoms with van der Waals surface area (Å²) in [5.74, 6) is 0.477. The molecule has 1 aliphatic rings. The van der Waals surface area contributed by atoms with E-state index in [1.54, 1.807) is 18.5 Å². The highest BCUT2D eigenvalue weighted by Crippen LogP contribution is 2.22. The third-order valence-corrected chi connectivity index (χ3v) is 3.87. The topological polar surface area (TPSA) is 63.4 Å². The molecule has 2 aromatic rings. The SMILES string of the molecule is Cn1cnnc1[C@@H]1CN(C[C@H](O)c2ccc(F)cc2)CCO1. The van der Waals surface area contributed by atoms with E-state index in [2.05, 4.69) is 15.1 Å². The van der Waals surface area contributed by atoms with Gasteiger partial charge >= 0.3 is 0 Å². The van der Waals surface area contributed by atoms with Gasteiger partial charge in [-0.1, -0.05) is 12.1 Å². The first-order valence-corrected chi connectivity index (χ1v) is 7.25. The first kappa shape index (κ1) is 15.1. The fraction of sp³-hybridized carbons (Fsp3) is 0.467. The number of nitrogens with zero attached hydrogens (tertiary/aromatic N) is 4. The van der Waals surface area contributed by atoms with Gasteiger partial charge in [-0.3, -0.25) is 4.90 Å². The number of rotatable bonds is 4. The molecule has 3 rings (SSSR count). The van der Waals surface area contributed by atoms with Crippen molar-refractivity contribution in [3.8, 4) is 0 Å². The molecule has 1 aromatic carbocycles. The van der Waals surface area contributed by atoms with E-state index < -0.39 is 6.10 Å². The van der Waals surface area contributed by atoms with Crippen molar-refractivity contribution in [3.63, 3.8) is 0 Å². The molecule has 0 radical (unpaired) electrons. The Hall–Kier alpha value is -1.83. The second-order valence-corrected chi connectivity index (χ2v) is 5.49. The van der Waals surface area contributed by atoms with Gasteiger partial charge in [0.2, 0.25) is 0 Å². The summed E-state index contributed by atoms with van der Waals surface area (Å²) in [5, 5.41) is 18.2. The lowest BCUT2D eigenvalue weighted by Gasteiger charge is -2.33. The number of hydrogen-bond acceptors (Lipinski definition) is 5. The third-order valence-electron chi connectivity index (χ3n) is 3.87. The van der Waals surface area contributed by atoms with Crippen LogP contribution < -0.4 is 0 Å². The fourth-order valence-corrected chi connectivity index (χ4v) is 2.64. The predicted octanol–water partition coefficient (Wildman–Crippen LogP) is 1.06. The molecule has 7 heteroatoms. The lowest BCUT2D eigenvalue weighted by atomic mass is 10.1. The molecule has 2 atom stereocenters. The molecule has 0 bridgehead atoms. The zero-order valence-electron chi connectivity index (χ0n) is 12.4. The van der Waals surface area contributed by atoms with Crippen LogP contribution in [0.4, 0.5) is 4.39 Å². The Balaban J connectivity index is 1.63. The van der Waals surface area contributed by atoms with Gasteiger partial charge in [-0.05, 0) is 17.7 Å². The number of aryl methyl sites for hydroxylation is 1. The van der Waals surface area contributed by atoms with Crippen LogP contribution in [-0.2, 0) is 11.8 Å². The maximum absolute atomic E-state index is 12.9. The zero-order chi connectivity index (χ0) is 15.5. The minimum Gasteiger partial charge on any atom is -0.387 e. The van der Waals surface area contributed by atoms with Crippen LogP contribution in [0.1, 0.15) is 23.6 Å². The highest BCUT2D eigenvalue weighted by atomic mass is 19.1. The normalized spacial score (nSPS) is 21.0. The van der Waals surface area contributed by atoms with Crippen LogP contribution in [0.15, 0.2) is 30.6 Å². The smallest absolute Gasteiger partial charge is 0.163 e. The van der Waals surface area contributed by atoms with Crippen molar-refractivity contribution in [2.24, 2.45) is 7.05 Å². The molecule has 0 amide bonds. The molecule has 0 saturated carbocycles. The van der Waals surface area contributed by atoms with Gasteiger partial charge in [-0.15, -0.1) is 10.2 Å². The van der Waals surface area contributed by atoms with E-state index in [0.717, 1.165) is 12.4 Å². The zero-order valence-corrected chi connectivity index (χ0v) is 12.4. The molecule has 2 heterocycles. The van der Waals surface area contributed by atoms with Crippen LogP contribution >= 0.6 is 0 Å². The van der Waals surface area contributed by atoms with E-state index in [0.29, 0.717) is 25.3 Å². The number of β-amino-alcohol motifs (C(OH)–C–C–N with tert-alkyl or cyclic N) is 1. The molecule has 118 valence electrons. The van der Waals surface area contributed by atoms with Crippen molar-refractivity contribution in [1.82, 2.24) is 19.7 Å². The monoisotopic (exact) mass is 306 g/mol. The van der Waals surface area contributed by atoms with Crippen LogP contribution in [-0.4, -0.2) is 51.0 Å². The van der Waals surface area contributed by atoms with Gasteiger partial charge in [-0.25, -0.2) is 4.39 Å². The number of aliphatic hydroxyl groups excluding tert-OH is 1. The van der Waals surface area contributed by atoms with Gasteiger partial charge in [0, 0.05) is 26.7 Å². The molecule has 6 nitrogen and oxygen atoms in total. The Labute approximate surface area is 128 Å². The molecule has 1 N–H and O–H groups in total. The third kappa shape index (κ3) is 3.32. The summed E-state index contributed by atoms with van der Waals surface area (Å²) in [6, 6.07) is 5.95. The van der Waals surface area contributed by atoms with Crippen molar-refractivity contribution >= 4 is 0 Å². The lowest BCUT2D eigenvalue weighted by molar-refractivity contribution is -0.0474. The van der Waals surface area contributed by atoms with Gasteiger partial charge < -0.3 is 14.4 Å². The quantitative estimate of drug-likeness (QED) is 0.915. The van der Waals surface area contributed by atoms with Crippen molar-refractivity contribution in [2.45, 2.75) is 12.2 Å². The van der Waals surface area contributed by atoms with Crippen molar-refractivity contribution in [1.29, 1.82) is 0 Å². The molecule has 1 aliphatic heterocycles. The van der Waals surface area contributed by atoms with Crippen molar-refractivity contribution in [2.75, 3.05) is 26.2 Å². The molecule has 0 aliphatic carbocycles.